The molecule has 0 bridgehead atoms. The standard InChI is InChI=1S/C28H33N5O4/c1-2-37-28(36)23(21-15-20-7-3-4-10-24(20)31-17-21)18-33(26(35)16-29)25(34)11-5-9-22-13-12-19-8-6-14-30-27(19)32-22/h3-4,7,10,12-13,15,17,23H,2,5-6,8-9,11,14,16,18,29H2,1H3,(H,30,32)/t23-/m1/s1. The number of nitrogens with zero attached hydrogens (tertiary/aromatic N) is 3. The number of nitrogens with one attached hydrogen (secondary N) is 1. The number of para-hydroxylation sites is 1. The highest BCUT2D eigenvalue weighted by Crippen LogP contribution is 2.24. The molecule has 3 N–H and O–H groups in total. The first-order valence-electron chi connectivity index (χ1n) is 12.8. The second kappa shape index (κ2) is 12.4. The molecule has 9 nitrogen and oxygen atoms in total. The number of hydrogen-bond donors (Lipinski definition) is 2. The van der Waals surface area contributed by atoms with Gasteiger partial charge >= 0.3 is 5.97 Å². The Morgan fingerprint density at radius 3 is 2.81 bits per heavy atom. The van der Waals surface area contributed by atoms with Gasteiger partial charge < -0.3 is 15.8 Å². The average molecular weight is 504 g/mol. The van der Waals surface area contributed by atoms with Crippen LogP contribution in [0.15, 0.2) is 48.7 Å². The summed E-state index contributed by atoms with van der Waals surface area (Å²) in [7, 11) is 0. The highest BCUT2D eigenvalue weighted by Gasteiger charge is 2.30. The second-order valence-electron chi connectivity index (χ2n) is 9.06. The van der Waals surface area contributed by atoms with Crippen molar-refractivity contribution in [2.45, 2.75) is 44.9 Å². The Morgan fingerprint density at radius 1 is 1.16 bits per heavy atom. The van der Waals surface area contributed by atoms with Crippen molar-refractivity contribution < 1.29 is 19.1 Å². The Hall–Kier alpha value is -3.85. The van der Waals surface area contributed by atoms with Crippen LogP contribution in [0, 0.1) is 0 Å². The maximum Gasteiger partial charge on any atom is 0.315 e. The van der Waals surface area contributed by atoms with Gasteiger partial charge in [-0.3, -0.25) is 24.3 Å². The first kappa shape index (κ1) is 26.2. The molecule has 0 fully saturated rings. The Kier molecular flexibility index (Phi) is 8.79. The number of carbonyl (C=O) groups excluding carboxylic acids is 3. The number of carbonyl (C=O) groups is 3. The van der Waals surface area contributed by atoms with Crippen molar-refractivity contribution in [2.75, 3.05) is 31.6 Å². The maximum absolute atomic E-state index is 13.2. The van der Waals surface area contributed by atoms with Crippen molar-refractivity contribution in [3.05, 3.63) is 65.5 Å². The minimum absolute atomic E-state index is 0.128. The molecule has 0 unspecified atom stereocenters. The summed E-state index contributed by atoms with van der Waals surface area (Å²) in [4.78, 5) is 49.0. The highest BCUT2D eigenvalue weighted by atomic mass is 16.5. The summed E-state index contributed by atoms with van der Waals surface area (Å²) in [5.74, 6) is -1.40. The lowest BCUT2D eigenvalue weighted by Crippen LogP contribution is -2.44. The number of rotatable bonds is 10. The number of anilines is 1. The second-order valence-corrected chi connectivity index (χ2v) is 9.06. The van der Waals surface area contributed by atoms with Crippen LogP contribution in [0.1, 0.15) is 48.9 Å². The van der Waals surface area contributed by atoms with Crippen LogP contribution < -0.4 is 11.1 Å². The molecule has 194 valence electrons. The van der Waals surface area contributed by atoms with E-state index in [1.54, 1.807) is 13.1 Å². The Bertz CT molecular complexity index is 1280. The third-order valence-electron chi connectivity index (χ3n) is 6.50. The minimum Gasteiger partial charge on any atom is -0.465 e. The summed E-state index contributed by atoms with van der Waals surface area (Å²) in [6.07, 6.45) is 4.94. The molecule has 1 aliphatic rings. The first-order chi connectivity index (χ1) is 18.0. The highest BCUT2D eigenvalue weighted by molar-refractivity contribution is 5.97. The average Bonchev–Trinajstić information content (AvgIpc) is 2.93. The van der Waals surface area contributed by atoms with E-state index in [0.29, 0.717) is 18.4 Å². The summed E-state index contributed by atoms with van der Waals surface area (Å²) in [6, 6.07) is 13.4. The number of aromatic nitrogens is 2. The Morgan fingerprint density at radius 2 is 2.00 bits per heavy atom. The third-order valence-corrected chi connectivity index (χ3v) is 6.50. The summed E-state index contributed by atoms with van der Waals surface area (Å²) in [5.41, 5.74) is 9.09. The molecular weight excluding hydrogens is 470 g/mol. The predicted octanol–water partition coefficient (Wildman–Crippen LogP) is 2.97. The maximum atomic E-state index is 13.2. The van der Waals surface area contributed by atoms with E-state index in [1.165, 1.54) is 5.56 Å². The molecule has 1 aromatic carbocycles. The molecule has 0 aliphatic carbocycles. The first-order valence-corrected chi connectivity index (χ1v) is 12.8. The molecule has 1 aliphatic heterocycles. The van der Waals surface area contributed by atoms with Gasteiger partial charge in [0.1, 0.15) is 11.7 Å². The van der Waals surface area contributed by atoms with E-state index in [-0.39, 0.29) is 32.0 Å². The van der Waals surface area contributed by atoms with Gasteiger partial charge in [-0.15, -0.1) is 0 Å². The Labute approximate surface area is 216 Å². The molecule has 3 heterocycles. The van der Waals surface area contributed by atoms with Gasteiger partial charge in [0.15, 0.2) is 0 Å². The number of aryl methyl sites for hydroxylation is 2. The topological polar surface area (TPSA) is 128 Å². The molecule has 9 heteroatoms. The molecule has 2 aromatic heterocycles. The number of esters is 1. The third kappa shape index (κ3) is 6.48. The van der Waals surface area contributed by atoms with Crippen LogP contribution in [0.4, 0.5) is 5.82 Å². The minimum atomic E-state index is -0.870. The van der Waals surface area contributed by atoms with E-state index in [4.69, 9.17) is 10.5 Å². The SMILES string of the molecule is CCOC(=O)[C@H](CN(C(=O)CN)C(=O)CCCc1ccc2c(n1)NCCC2)c1cnc2ccccc2c1. The summed E-state index contributed by atoms with van der Waals surface area (Å²) in [6.45, 7) is 2.31. The molecular formula is C28H33N5O4. The van der Waals surface area contributed by atoms with Crippen molar-refractivity contribution >= 4 is 34.5 Å². The van der Waals surface area contributed by atoms with Crippen molar-refractivity contribution in [2.24, 2.45) is 5.73 Å². The number of ether oxygens (including phenoxy) is 1. The van der Waals surface area contributed by atoms with Gasteiger partial charge in [0.05, 0.1) is 18.7 Å². The summed E-state index contributed by atoms with van der Waals surface area (Å²) in [5, 5.41) is 4.17. The monoisotopic (exact) mass is 503 g/mol. The fraction of sp³-hybridized carbons (Fsp3) is 0.393. The summed E-state index contributed by atoms with van der Waals surface area (Å²) < 4.78 is 5.29. The molecule has 4 rings (SSSR count). The van der Waals surface area contributed by atoms with Gasteiger partial charge in [-0.25, -0.2) is 4.98 Å². The number of imide groups is 1. The fourth-order valence-corrected chi connectivity index (χ4v) is 4.54. The zero-order valence-electron chi connectivity index (χ0n) is 21.1. The molecule has 37 heavy (non-hydrogen) atoms. The molecule has 2 amide bonds. The smallest absolute Gasteiger partial charge is 0.315 e. The zero-order valence-corrected chi connectivity index (χ0v) is 21.1. The lowest BCUT2D eigenvalue weighted by Gasteiger charge is -2.25. The molecule has 0 saturated heterocycles. The van der Waals surface area contributed by atoms with E-state index < -0.39 is 17.8 Å². The number of hydrogen-bond acceptors (Lipinski definition) is 8. The fourth-order valence-electron chi connectivity index (χ4n) is 4.54. The lowest BCUT2D eigenvalue weighted by molar-refractivity contribution is -0.148. The van der Waals surface area contributed by atoms with Crippen molar-refractivity contribution in [3.63, 3.8) is 0 Å². The van der Waals surface area contributed by atoms with E-state index in [9.17, 15) is 14.4 Å². The number of benzene rings is 1. The molecule has 0 radical (unpaired) electrons. The van der Waals surface area contributed by atoms with Gasteiger partial charge in [-0.05, 0) is 61.9 Å². The number of amides is 2. The van der Waals surface area contributed by atoms with E-state index in [2.05, 4.69) is 21.4 Å². The van der Waals surface area contributed by atoms with E-state index in [1.807, 2.05) is 36.4 Å². The number of nitrogens with two attached hydrogens (primary N) is 1. The van der Waals surface area contributed by atoms with Gasteiger partial charge in [0, 0.05) is 36.8 Å². The molecule has 1 atom stereocenters. The van der Waals surface area contributed by atoms with Crippen molar-refractivity contribution in [3.8, 4) is 0 Å². The van der Waals surface area contributed by atoms with Crippen LogP contribution >= 0.6 is 0 Å². The Balaban J connectivity index is 1.48. The van der Waals surface area contributed by atoms with E-state index in [0.717, 1.165) is 46.7 Å². The quantitative estimate of drug-likeness (QED) is 0.404. The van der Waals surface area contributed by atoms with Crippen LogP contribution in [0.5, 0.6) is 0 Å². The van der Waals surface area contributed by atoms with E-state index >= 15 is 0 Å². The van der Waals surface area contributed by atoms with Gasteiger partial charge in [0.2, 0.25) is 11.8 Å². The van der Waals surface area contributed by atoms with Crippen LogP contribution in [0.2, 0.25) is 0 Å². The van der Waals surface area contributed by atoms with Crippen LogP contribution in [0.3, 0.4) is 0 Å². The van der Waals surface area contributed by atoms with Crippen LogP contribution in [-0.4, -0.2) is 58.9 Å². The number of fused-ring (bicyclic) bond motifs is 2. The van der Waals surface area contributed by atoms with Gasteiger partial charge in [-0.2, -0.15) is 0 Å². The van der Waals surface area contributed by atoms with Crippen molar-refractivity contribution in [1.29, 1.82) is 0 Å². The largest absolute Gasteiger partial charge is 0.465 e. The zero-order chi connectivity index (χ0) is 26.2. The van der Waals surface area contributed by atoms with Gasteiger partial charge in [-0.1, -0.05) is 24.3 Å². The normalized spacial score (nSPS) is 13.4. The van der Waals surface area contributed by atoms with Crippen LogP contribution in [-0.2, 0) is 32.0 Å². The molecule has 3 aromatic rings. The van der Waals surface area contributed by atoms with Crippen molar-refractivity contribution in [1.82, 2.24) is 14.9 Å². The molecule has 0 saturated carbocycles. The van der Waals surface area contributed by atoms with Crippen LogP contribution in [0.25, 0.3) is 10.9 Å². The predicted molar refractivity (Wildman–Crippen MR) is 141 cm³/mol. The lowest BCUT2D eigenvalue weighted by atomic mass is 9.98. The summed E-state index contributed by atoms with van der Waals surface area (Å²) >= 11 is 0. The van der Waals surface area contributed by atoms with Gasteiger partial charge in [0.25, 0.3) is 0 Å². The number of pyridine rings is 2. The molecule has 0 spiro atoms.